The van der Waals surface area contributed by atoms with Crippen molar-refractivity contribution in [3.8, 4) is 0 Å². The number of nitrogens with one attached hydrogen (secondary N) is 1. The van der Waals surface area contributed by atoms with Crippen LogP contribution in [0.3, 0.4) is 0 Å². The molecule has 3 aromatic rings. The number of aryl methyl sites for hydroxylation is 1. The molecule has 0 unspecified atom stereocenters. The van der Waals surface area contributed by atoms with Crippen LogP contribution in [0.1, 0.15) is 36.1 Å². The highest BCUT2D eigenvalue weighted by Crippen LogP contribution is 2.28. The van der Waals surface area contributed by atoms with Crippen LogP contribution in [0.15, 0.2) is 66.5 Å². The van der Waals surface area contributed by atoms with Gasteiger partial charge in [-0.2, -0.15) is 0 Å². The van der Waals surface area contributed by atoms with Crippen molar-refractivity contribution in [3.05, 3.63) is 83.2 Å². The molecule has 4 rings (SSSR count). The summed E-state index contributed by atoms with van der Waals surface area (Å²) in [5.41, 5.74) is 4.68. The Morgan fingerprint density at radius 3 is 2.65 bits per heavy atom. The first-order chi connectivity index (χ1) is 15.1. The van der Waals surface area contributed by atoms with E-state index in [0.29, 0.717) is 13.0 Å². The molecule has 1 fully saturated rings. The van der Waals surface area contributed by atoms with E-state index in [4.69, 9.17) is 0 Å². The second-order valence-corrected chi connectivity index (χ2v) is 8.23. The molecule has 1 amide bonds. The largest absolute Gasteiger partial charge is 0.351 e. The maximum absolute atomic E-state index is 13.1. The van der Waals surface area contributed by atoms with Gasteiger partial charge in [-0.1, -0.05) is 71.8 Å². The Balaban J connectivity index is 1.46. The Labute approximate surface area is 182 Å². The van der Waals surface area contributed by atoms with E-state index in [9.17, 15) is 4.79 Å². The van der Waals surface area contributed by atoms with E-state index in [1.807, 2.05) is 18.2 Å². The average Bonchev–Trinajstić information content (AvgIpc) is 3.44. The molecule has 0 aliphatic carbocycles. The Hall–Kier alpha value is -3.32. The number of tetrazole rings is 1. The van der Waals surface area contributed by atoms with Gasteiger partial charge in [0.15, 0.2) is 0 Å². The topological polar surface area (TPSA) is 75.9 Å². The molecule has 2 heterocycles. The van der Waals surface area contributed by atoms with Gasteiger partial charge in [0.1, 0.15) is 6.33 Å². The van der Waals surface area contributed by atoms with Crippen LogP contribution in [0.4, 0.5) is 0 Å². The third-order valence-electron chi connectivity index (χ3n) is 5.68. The molecule has 160 valence electrons. The van der Waals surface area contributed by atoms with Gasteiger partial charge in [0, 0.05) is 19.6 Å². The quantitative estimate of drug-likeness (QED) is 0.641. The summed E-state index contributed by atoms with van der Waals surface area (Å²) in [6, 6.07) is 18.3. The summed E-state index contributed by atoms with van der Waals surface area (Å²) in [5, 5.41) is 14.7. The molecular formula is C24H28N6O. The van der Waals surface area contributed by atoms with E-state index in [-0.39, 0.29) is 18.0 Å². The molecule has 7 heteroatoms. The van der Waals surface area contributed by atoms with E-state index in [0.717, 1.165) is 24.2 Å². The Bertz CT molecular complexity index is 1010. The van der Waals surface area contributed by atoms with E-state index in [1.54, 1.807) is 11.0 Å². The number of rotatable bonds is 7. The zero-order valence-corrected chi connectivity index (χ0v) is 18.0. The molecule has 0 radical (unpaired) electrons. The molecular weight excluding hydrogens is 388 g/mol. The van der Waals surface area contributed by atoms with Gasteiger partial charge in [-0.05, 0) is 41.8 Å². The lowest BCUT2D eigenvalue weighted by atomic mass is 10.1. The summed E-state index contributed by atoms with van der Waals surface area (Å²) in [7, 11) is 0. The zero-order chi connectivity index (χ0) is 21.6. The van der Waals surface area contributed by atoms with Crippen molar-refractivity contribution < 1.29 is 4.79 Å². The third kappa shape index (κ3) is 5.44. The van der Waals surface area contributed by atoms with Gasteiger partial charge in [-0.15, -0.1) is 5.10 Å². The Morgan fingerprint density at radius 1 is 1.16 bits per heavy atom. The lowest BCUT2D eigenvalue weighted by molar-refractivity contribution is -0.125. The number of nitrogens with zero attached hydrogens (tertiary/aromatic N) is 5. The number of amides is 1. The molecule has 1 aliphatic heterocycles. The lowest BCUT2D eigenvalue weighted by Gasteiger charge is -2.24. The fraction of sp³-hybridized carbons (Fsp3) is 0.333. The van der Waals surface area contributed by atoms with Gasteiger partial charge in [-0.25, -0.2) is 4.68 Å². The molecule has 0 saturated carbocycles. The van der Waals surface area contributed by atoms with E-state index < -0.39 is 0 Å². The zero-order valence-electron chi connectivity index (χ0n) is 18.0. The molecule has 1 aromatic heterocycles. The summed E-state index contributed by atoms with van der Waals surface area (Å²) in [4.78, 5) is 15.3. The van der Waals surface area contributed by atoms with Crippen molar-refractivity contribution in [3.63, 3.8) is 0 Å². The summed E-state index contributed by atoms with van der Waals surface area (Å²) in [6.45, 7) is 6.14. The van der Waals surface area contributed by atoms with Crippen LogP contribution in [-0.4, -0.2) is 50.1 Å². The minimum Gasteiger partial charge on any atom is -0.351 e. The lowest BCUT2D eigenvalue weighted by Crippen LogP contribution is -2.43. The molecule has 2 aromatic carbocycles. The van der Waals surface area contributed by atoms with Crippen LogP contribution in [0.5, 0.6) is 0 Å². The van der Waals surface area contributed by atoms with Gasteiger partial charge < -0.3 is 5.32 Å². The van der Waals surface area contributed by atoms with Crippen molar-refractivity contribution in [1.29, 1.82) is 0 Å². The Kier molecular flexibility index (Phi) is 6.52. The van der Waals surface area contributed by atoms with Gasteiger partial charge in [0.25, 0.3) is 0 Å². The second-order valence-electron chi connectivity index (χ2n) is 8.23. The van der Waals surface area contributed by atoms with Gasteiger partial charge in [0.2, 0.25) is 5.91 Å². The summed E-state index contributed by atoms with van der Waals surface area (Å²) in [5.74, 6) is 0.0451. The molecule has 31 heavy (non-hydrogen) atoms. The monoisotopic (exact) mass is 416 g/mol. The average molecular weight is 417 g/mol. The maximum Gasteiger partial charge on any atom is 0.237 e. The Morgan fingerprint density at radius 2 is 1.94 bits per heavy atom. The van der Waals surface area contributed by atoms with Crippen LogP contribution in [0.2, 0.25) is 0 Å². The standard InChI is InChI=1S/C24H28N6O/c1-18-8-10-21(11-9-18)14-25-24(31)23-13-22(30-17-26-27-28-30)16-29(23)15-19(2)12-20-6-4-3-5-7-20/h3-12,17,22-23H,13-16H2,1-2H3,(H,25,31)/b19-12+/t22-,23+/m1/s1. The predicted octanol–water partition coefficient (Wildman–Crippen LogP) is 3.02. The van der Waals surface area contributed by atoms with Crippen LogP contribution in [0, 0.1) is 6.92 Å². The van der Waals surface area contributed by atoms with Crippen molar-refractivity contribution in [2.45, 2.75) is 38.9 Å². The molecule has 2 atom stereocenters. The van der Waals surface area contributed by atoms with Crippen LogP contribution in [0.25, 0.3) is 6.08 Å². The molecule has 7 nitrogen and oxygen atoms in total. The number of carbonyl (C=O) groups excluding carboxylic acids is 1. The van der Waals surface area contributed by atoms with Crippen LogP contribution in [-0.2, 0) is 11.3 Å². The van der Waals surface area contributed by atoms with E-state index >= 15 is 0 Å². The third-order valence-corrected chi connectivity index (χ3v) is 5.68. The van der Waals surface area contributed by atoms with Gasteiger partial charge in [0.05, 0.1) is 12.1 Å². The smallest absolute Gasteiger partial charge is 0.237 e. The number of carbonyl (C=O) groups is 1. The number of likely N-dealkylation sites (tertiary alicyclic amines) is 1. The van der Waals surface area contributed by atoms with E-state index in [1.165, 1.54) is 11.1 Å². The summed E-state index contributed by atoms with van der Waals surface area (Å²) < 4.78 is 1.76. The first kappa shape index (κ1) is 20.9. The second kappa shape index (κ2) is 9.66. The van der Waals surface area contributed by atoms with Gasteiger partial charge in [-0.3, -0.25) is 9.69 Å². The maximum atomic E-state index is 13.1. The summed E-state index contributed by atoms with van der Waals surface area (Å²) >= 11 is 0. The fourth-order valence-electron chi connectivity index (χ4n) is 4.07. The number of hydrogen-bond acceptors (Lipinski definition) is 5. The SMILES string of the molecule is C/C(=C\c1ccccc1)CN1C[C@H](n2cnnn2)C[C@H]1C(=O)NCc1ccc(C)cc1. The van der Waals surface area contributed by atoms with Gasteiger partial charge >= 0.3 is 0 Å². The molecule has 0 spiro atoms. The highest BCUT2D eigenvalue weighted by Gasteiger charge is 2.38. The minimum absolute atomic E-state index is 0.0451. The fourth-order valence-corrected chi connectivity index (χ4v) is 4.07. The van der Waals surface area contributed by atoms with Crippen molar-refractivity contribution in [2.75, 3.05) is 13.1 Å². The predicted molar refractivity (Wildman–Crippen MR) is 120 cm³/mol. The van der Waals surface area contributed by atoms with Crippen molar-refractivity contribution >= 4 is 12.0 Å². The highest BCUT2D eigenvalue weighted by atomic mass is 16.2. The van der Waals surface area contributed by atoms with E-state index in [2.05, 4.69) is 82.1 Å². The minimum atomic E-state index is -0.223. The number of hydrogen-bond donors (Lipinski definition) is 1. The molecule has 1 aliphatic rings. The van der Waals surface area contributed by atoms with Crippen molar-refractivity contribution in [2.24, 2.45) is 0 Å². The first-order valence-electron chi connectivity index (χ1n) is 10.6. The van der Waals surface area contributed by atoms with Crippen LogP contribution < -0.4 is 5.32 Å². The first-order valence-corrected chi connectivity index (χ1v) is 10.6. The molecule has 1 N–H and O–H groups in total. The molecule has 1 saturated heterocycles. The normalized spacial score (nSPS) is 19.5. The van der Waals surface area contributed by atoms with Crippen molar-refractivity contribution in [1.82, 2.24) is 30.4 Å². The van der Waals surface area contributed by atoms with Crippen LogP contribution >= 0.6 is 0 Å². The summed E-state index contributed by atoms with van der Waals surface area (Å²) in [6.07, 6.45) is 4.48. The molecule has 0 bridgehead atoms. The highest BCUT2D eigenvalue weighted by molar-refractivity contribution is 5.82. The number of aromatic nitrogens is 4. The number of benzene rings is 2.